The molecule has 0 unspecified atom stereocenters. The van der Waals surface area contributed by atoms with Crippen LogP contribution in [0.1, 0.15) is 5.56 Å². The smallest absolute Gasteiger partial charge is 0.267 e. The summed E-state index contributed by atoms with van der Waals surface area (Å²) in [4.78, 5) is 38.0. The normalized spacial score (nSPS) is 15.4. The molecule has 0 radical (unpaired) electrons. The number of imide groups is 2. The fourth-order valence-electron chi connectivity index (χ4n) is 1.22. The van der Waals surface area contributed by atoms with Gasteiger partial charge in [-0.05, 0) is 17.7 Å². The van der Waals surface area contributed by atoms with Gasteiger partial charge in [0.25, 0.3) is 0 Å². The Morgan fingerprint density at radius 1 is 1.18 bits per heavy atom. The molecule has 0 spiro atoms. The Morgan fingerprint density at radius 2 is 1.82 bits per heavy atom. The van der Waals surface area contributed by atoms with Gasteiger partial charge in [0.15, 0.2) is 0 Å². The summed E-state index contributed by atoms with van der Waals surface area (Å²) in [6.07, 6.45) is 0. The predicted octanol–water partition coefficient (Wildman–Crippen LogP) is 0.850. The third-order valence-electron chi connectivity index (χ3n) is 2.06. The largest absolute Gasteiger partial charge is 0.356 e. The lowest BCUT2D eigenvalue weighted by Gasteiger charge is -2.10. The van der Waals surface area contributed by atoms with Gasteiger partial charge in [0.1, 0.15) is 6.61 Å². The van der Waals surface area contributed by atoms with E-state index in [9.17, 15) is 14.4 Å². The Balaban J connectivity index is 1.99. The summed E-state index contributed by atoms with van der Waals surface area (Å²) in [7, 11) is 0. The molecule has 1 aliphatic rings. The van der Waals surface area contributed by atoms with Crippen LogP contribution in [0.5, 0.6) is 0 Å². The zero-order valence-electron chi connectivity index (χ0n) is 8.47. The lowest BCUT2D eigenvalue weighted by molar-refractivity contribution is -0.169. The second-order valence-electron chi connectivity index (χ2n) is 3.26. The van der Waals surface area contributed by atoms with Crippen LogP contribution in [0, 0.1) is 0 Å². The minimum absolute atomic E-state index is 0.0103. The van der Waals surface area contributed by atoms with E-state index in [-0.39, 0.29) is 6.61 Å². The number of carbonyl (C=O) groups excluding carboxylic acids is 3. The highest BCUT2D eigenvalue weighted by atomic mass is 35.5. The minimum atomic E-state index is -1.02. The van der Waals surface area contributed by atoms with Crippen molar-refractivity contribution < 1.29 is 19.2 Å². The third kappa shape index (κ3) is 2.43. The van der Waals surface area contributed by atoms with E-state index in [0.717, 1.165) is 0 Å². The summed E-state index contributed by atoms with van der Waals surface area (Å²) in [6.45, 7) is -0.0103. The fraction of sp³-hybridized carbons (Fsp3) is 0.100. The molecule has 0 aromatic heterocycles. The van der Waals surface area contributed by atoms with E-state index in [2.05, 4.69) is 0 Å². The lowest BCUT2D eigenvalue weighted by atomic mass is 10.2. The maximum atomic E-state index is 11.1. The van der Waals surface area contributed by atoms with Crippen molar-refractivity contribution in [2.45, 2.75) is 6.61 Å². The molecular formula is C10H7ClN2O4. The van der Waals surface area contributed by atoms with Crippen LogP contribution in [0.2, 0.25) is 5.02 Å². The first-order valence-corrected chi connectivity index (χ1v) is 5.02. The van der Waals surface area contributed by atoms with Gasteiger partial charge in [-0.1, -0.05) is 23.7 Å². The van der Waals surface area contributed by atoms with Crippen LogP contribution in [-0.2, 0) is 21.0 Å². The van der Waals surface area contributed by atoms with Crippen molar-refractivity contribution in [3.63, 3.8) is 0 Å². The Labute approximate surface area is 101 Å². The van der Waals surface area contributed by atoms with Gasteiger partial charge in [-0.3, -0.25) is 19.7 Å². The van der Waals surface area contributed by atoms with E-state index in [1.165, 1.54) is 0 Å². The number of rotatable bonds is 3. The van der Waals surface area contributed by atoms with E-state index < -0.39 is 17.8 Å². The Morgan fingerprint density at radius 3 is 2.35 bits per heavy atom. The van der Waals surface area contributed by atoms with E-state index in [4.69, 9.17) is 16.4 Å². The van der Waals surface area contributed by atoms with Gasteiger partial charge >= 0.3 is 17.8 Å². The molecule has 17 heavy (non-hydrogen) atoms. The number of benzene rings is 1. The summed E-state index contributed by atoms with van der Waals surface area (Å²) < 4.78 is 0. The molecule has 0 atom stereocenters. The molecule has 88 valence electrons. The Hall–Kier alpha value is -1.92. The average molecular weight is 255 g/mol. The summed E-state index contributed by atoms with van der Waals surface area (Å²) in [6, 6.07) is 5.79. The van der Waals surface area contributed by atoms with E-state index in [1.807, 2.05) is 5.32 Å². The molecule has 4 amide bonds. The molecule has 1 fully saturated rings. The average Bonchev–Trinajstić information content (AvgIpc) is 2.54. The maximum absolute atomic E-state index is 11.1. The molecule has 1 aromatic rings. The summed E-state index contributed by atoms with van der Waals surface area (Å²) in [5.74, 6) is -2.02. The fourth-order valence-corrected chi connectivity index (χ4v) is 1.35. The molecule has 6 nitrogen and oxygen atoms in total. The van der Waals surface area contributed by atoms with E-state index >= 15 is 0 Å². The van der Waals surface area contributed by atoms with Crippen molar-refractivity contribution in [2.75, 3.05) is 0 Å². The highest BCUT2D eigenvalue weighted by molar-refractivity contribution is 6.44. The van der Waals surface area contributed by atoms with Gasteiger partial charge in [0.2, 0.25) is 0 Å². The molecule has 1 aliphatic heterocycles. The number of amides is 4. The van der Waals surface area contributed by atoms with Crippen LogP contribution in [0.4, 0.5) is 4.79 Å². The zero-order valence-corrected chi connectivity index (χ0v) is 9.23. The summed E-state index contributed by atoms with van der Waals surface area (Å²) in [5, 5.41) is 2.78. The van der Waals surface area contributed by atoms with Gasteiger partial charge in [-0.25, -0.2) is 4.79 Å². The van der Waals surface area contributed by atoms with Crippen LogP contribution in [0.15, 0.2) is 24.3 Å². The number of hydroxylamine groups is 2. The van der Waals surface area contributed by atoms with Crippen LogP contribution in [-0.4, -0.2) is 22.9 Å². The van der Waals surface area contributed by atoms with Crippen LogP contribution in [0.25, 0.3) is 0 Å². The highest BCUT2D eigenvalue weighted by Gasteiger charge is 2.38. The minimum Gasteiger partial charge on any atom is -0.267 e. The van der Waals surface area contributed by atoms with Gasteiger partial charge in [-0.15, -0.1) is 5.06 Å². The molecule has 1 N–H and O–H groups in total. The first-order valence-electron chi connectivity index (χ1n) is 4.64. The number of nitrogens with zero attached hydrogens (tertiary/aromatic N) is 1. The predicted molar refractivity (Wildman–Crippen MR) is 56.6 cm³/mol. The third-order valence-corrected chi connectivity index (χ3v) is 2.31. The number of nitrogens with one attached hydrogen (secondary N) is 1. The monoisotopic (exact) mass is 254 g/mol. The zero-order chi connectivity index (χ0) is 12.4. The molecule has 1 saturated heterocycles. The van der Waals surface area contributed by atoms with Crippen molar-refractivity contribution >= 4 is 29.4 Å². The quantitative estimate of drug-likeness (QED) is 0.641. The van der Waals surface area contributed by atoms with Gasteiger partial charge in [-0.2, -0.15) is 0 Å². The van der Waals surface area contributed by atoms with E-state index in [1.54, 1.807) is 24.3 Å². The van der Waals surface area contributed by atoms with Crippen molar-refractivity contribution in [2.24, 2.45) is 0 Å². The SMILES string of the molecule is O=C1NC(=O)N(OCc2ccc(Cl)cc2)C1=O. The summed E-state index contributed by atoms with van der Waals surface area (Å²) >= 11 is 5.69. The van der Waals surface area contributed by atoms with Crippen molar-refractivity contribution in [3.05, 3.63) is 34.9 Å². The standard InChI is InChI=1S/C10H7ClN2O4/c11-7-3-1-6(2-4-7)5-17-13-9(15)8(14)12-10(13)16/h1-4H,5H2,(H,12,14,16). The molecule has 0 bridgehead atoms. The molecule has 1 aromatic carbocycles. The van der Waals surface area contributed by atoms with Crippen LogP contribution >= 0.6 is 11.6 Å². The molecule has 7 heteroatoms. The van der Waals surface area contributed by atoms with Crippen molar-refractivity contribution in [1.29, 1.82) is 0 Å². The molecule has 2 rings (SSSR count). The van der Waals surface area contributed by atoms with Crippen LogP contribution < -0.4 is 5.32 Å². The Bertz CT molecular complexity index is 486. The number of hydrogen-bond acceptors (Lipinski definition) is 4. The first kappa shape index (κ1) is 11.6. The maximum Gasteiger partial charge on any atom is 0.356 e. The molecule has 1 heterocycles. The Kier molecular flexibility index (Phi) is 3.08. The molecule has 0 aliphatic carbocycles. The number of urea groups is 1. The van der Waals surface area contributed by atoms with Crippen molar-refractivity contribution in [1.82, 2.24) is 10.4 Å². The number of carbonyl (C=O) groups is 3. The van der Waals surface area contributed by atoms with Crippen LogP contribution in [0.3, 0.4) is 0 Å². The highest BCUT2D eigenvalue weighted by Crippen LogP contribution is 2.11. The second kappa shape index (κ2) is 4.52. The number of hydrogen-bond donors (Lipinski definition) is 1. The topological polar surface area (TPSA) is 75.7 Å². The second-order valence-corrected chi connectivity index (χ2v) is 3.70. The van der Waals surface area contributed by atoms with Gasteiger partial charge < -0.3 is 0 Å². The van der Waals surface area contributed by atoms with E-state index in [0.29, 0.717) is 15.6 Å². The number of halogens is 1. The first-order chi connectivity index (χ1) is 8.08. The van der Waals surface area contributed by atoms with Crippen molar-refractivity contribution in [3.8, 4) is 0 Å². The lowest BCUT2D eigenvalue weighted by Crippen LogP contribution is -2.31. The summed E-state index contributed by atoms with van der Waals surface area (Å²) in [5.41, 5.74) is 0.717. The van der Waals surface area contributed by atoms with Gasteiger partial charge in [0.05, 0.1) is 0 Å². The molecular weight excluding hydrogens is 248 g/mol. The molecule has 0 saturated carbocycles. The van der Waals surface area contributed by atoms with Gasteiger partial charge in [0, 0.05) is 5.02 Å².